The molecule has 0 spiro atoms. The predicted octanol–water partition coefficient (Wildman–Crippen LogP) is 5.32. The van der Waals surface area contributed by atoms with Gasteiger partial charge >= 0.3 is 12.1 Å². The van der Waals surface area contributed by atoms with Crippen LogP contribution in [0.2, 0.25) is 0 Å². The highest BCUT2D eigenvalue weighted by Gasteiger charge is 2.44. The lowest BCUT2D eigenvalue weighted by molar-refractivity contribution is -0.139. The second-order valence-electron chi connectivity index (χ2n) is 8.37. The molecule has 2 unspecified atom stereocenters. The number of nitrogens with one attached hydrogen (secondary N) is 2. The number of aliphatic carboxylic acids is 1. The van der Waals surface area contributed by atoms with E-state index in [1.54, 1.807) is 0 Å². The van der Waals surface area contributed by atoms with E-state index in [1.807, 2.05) is 23.1 Å². The SMILES string of the molecule is Cl.Cl.O=C(O)CN1C2CCC1c1cc(Nc3ncc(C(F)(F)F)c(NC4CCC4)n3)ccc12. The Bertz CT molecular complexity index is 1040. The summed E-state index contributed by atoms with van der Waals surface area (Å²) in [6.45, 7) is -0.00894. The molecular formula is C21H24Cl2F3N5O2. The third kappa shape index (κ3) is 4.83. The minimum atomic E-state index is -4.54. The van der Waals surface area contributed by atoms with E-state index in [2.05, 4.69) is 20.6 Å². The second-order valence-corrected chi connectivity index (χ2v) is 8.37. The van der Waals surface area contributed by atoms with Gasteiger partial charge in [0.1, 0.15) is 11.4 Å². The molecule has 0 radical (unpaired) electrons. The van der Waals surface area contributed by atoms with Gasteiger partial charge in [-0.05, 0) is 55.4 Å². The Kier molecular flexibility index (Phi) is 7.30. The zero-order valence-electron chi connectivity index (χ0n) is 17.4. The molecule has 2 fully saturated rings. The van der Waals surface area contributed by atoms with Gasteiger partial charge in [0.25, 0.3) is 0 Å². The van der Waals surface area contributed by atoms with E-state index >= 15 is 0 Å². The minimum absolute atomic E-state index is 0. The van der Waals surface area contributed by atoms with Gasteiger partial charge in [-0.2, -0.15) is 18.2 Å². The number of aromatic nitrogens is 2. The third-order valence-corrected chi connectivity index (χ3v) is 6.43. The van der Waals surface area contributed by atoms with E-state index in [1.165, 1.54) is 0 Å². The van der Waals surface area contributed by atoms with E-state index in [-0.39, 0.29) is 61.3 Å². The summed E-state index contributed by atoms with van der Waals surface area (Å²) in [5, 5.41) is 15.1. The molecular weight excluding hydrogens is 482 g/mol. The van der Waals surface area contributed by atoms with Gasteiger partial charge in [-0.3, -0.25) is 9.69 Å². The fraction of sp³-hybridized carbons (Fsp3) is 0.476. The van der Waals surface area contributed by atoms with Gasteiger partial charge < -0.3 is 15.7 Å². The lowest BCUT2D eigenvalue weighted by atomic mass is 9.91. The first-order valence-corrected chi connectivity index (χ1v) is 10.4. The van der Waals surface area contributed by atoms with Crippen LogP contribution in [0.1, 0.15) is 60.9 Å². The summed E-state index contributed by atoms with van der Waals surface area (Å²) < 4.78 is 40.1. The van der Waals surface area contributed by atoms with Crippen LogP contribution >= 0.6 is 24.8 Å². The minimum Gasteiger partial charge on any atom is -0.480 e. The molecule has 7 nitrogen and oxygen atoms in total. The van der Waals surface area contributed by atoms with Gasteiger partial charge in [0.15, 0.2) is 0 Å². The summed E-state index contributed by atoms with van der Waals surface area (Å²) in [7, 11) is 0. The third-order valence-electron chi connectivity index (χ3n) is 6.43. The van der Waals surface area contributed by atoms with Crippen molar-refractivity contribution in [3.05, 3.63) is 41.1 Å². The number of alkyl halides is 3. The van der Waals surface area contributed by atoms with Crippen molar-refractivity contribution in [1.29, 1.82) is 0 Å². The highest BCUT2D eigenvalue weighted by atomic mass is 35.5. The largest absolute Gasteiger partial charge is 0.480 e. The van der Waals surface area contributed by atoms with Crippen LogP contribution in [0.3, 0.4) is 0 Å². The molecule has 3 heterocycles. The van der Waals surface area contributed by atoms with Crippen molar-refractivity contribution < 1.29 is 23.1 Å². The van der Waals surface area contributed by atoms with E-state index in [4.69, 9.17) is 0 Å². The first kappa shape index (κ1) is 25.3. The van der Waals surface area contributed by atoms with Crippen LogP contribution in [0.5, 0.6) is 0 Å². The van der Waals surface area contributed by atoms with E-state index in [9.17, 15) is 23.1 Å². The van der Waals surface area contributed by atoms with E-state index in [0.29, 0.717) is 5.69 Å². The first-order valence-electron chi connectivity index (χ1n) is 10.4. The molecule has 12 heteroatoms. The van der Waals surface area contributed by atoms with Crippen LogP contribution in [-0.2, 0) is 11.0 Å². The molecule has 1 aliphatic carbocycles. The van der Waals surface area contributed by atoms with Crippen molar-refractivity contribution in [3.8, 4) is 0 Å². The maximum absolute atomic E-state index is 13.4. The smallest absolute Gasteiger partial charge is 0.421 e. The fourth-order valence-electron chi connectivity index (χ4n) is 4.79. The quantitative estimate of drug-likeness (QED) is 0.489. The highest BCUT2D eigenvalue weighted by molar-refractivity contribution is 5.85. The first-order chi connectivity index (χ1) is 14.8. The number of hydrogen-bond acceptors (Lipinski definition) is 6. The van der Waals surface area contributed by atoms with Crippen molar-refractivity contribution in [2.24, 2.45) is 0 Å². The number of halogens is 5. The average Bonchev–Trinajstić information content (AvgIpc) is 3.18. The van der Waals surface area contributed by atoms with Crippen molar-refractivity contribution in [2.45, 2.75) is 56.4 Å². The number of carboxylic acids is 1. The molecule has 180 valence electrons. The predicted molar refractivity (Wildman–Crippen MR) is 122 cm³/mol. The van der Waals surface area contributed by atoms with Gasteiger partial charge in [-0.1, -0.05) is 6.07 Å². The Morgan fingerprint density at radius 3 is 2.42 bits per heavy atom. The number of benzene rings is 1. The van der Waals surface area contributed by atoms with Crippen molar-refractivity contribution in [2.75, 3.05) is 17.2 Å². The van der Waals surface area contributed by atoms with Gasteiger partial charge in [-0.15, -0.1) is 24.8 Å². The van der Waals surface area contributed by atoms with Crippen molar-refractivity contribution >= 4 is 48.2 Å². The Balaban J connectivity index is 0.00000153. The average molecular weight is 506 g/mol. The zero-order valence-corrected chi connectivity index (χ0v) is 19.1. The second kappa shape index (κ2) is 9.52. The van der Waals surface area contributed by atoms with Gasteiger partial charge in [0.2, 0.25) is 5.95 Å². The Morgan fingerprint density at radius 1 is 1.12 bits per heavy atom. The molecule has 2 atom stereocenters. The molecule has 33 heavy (non-hydrogen) atoms. The lowest BCUT2D eigenvalue weighted by Crippen LogP contribution is -2.29. The van der Waals surface area contributed by atoms with Crippen molar-refractivity contribution in [1.82, 2.24) is 14.9 Å². The Hall–Kier alpha value is -2.30. The number of carboxylic acid groups (broad SMARTS) is 1. The molecule has 3 N–H and O–H groups in total. The summed E-state index contributed by atoms with van der Waals surface area (Å²) in [5.41, 5.74) is 1.96. The molecule has 5 rings (SSSR count). The zero-order chi connectivity index (χ0) is 21.8. The molecule has 3 aliphatic rings. The van der Waals surface area contributed by atoms with Gasteiger partial charge in [0, 0.05) is 30.0 Å². The van der Waals surface area contributed by atoms with Crippen LogP contribution in [0, 0.1) is 0 Å². The number of anilines is 3. The number of rotatable bonds is 6. The van der Waals surface area contributed by atoms with Gasteiger partial charge in [0.05, 0.1) is 6.54 Å². The number of nitrogens with zero attached hydrogens (tertiary/aromatic N) is 3. The normalized spacial score (nSPS) is 21.4. The summed E-state index contributed by atoms with van der Waals surface area (Å²) in [6.07, 6.45) is 0.724. The summed E-state index contributed by atoms with van der Waals surface area (Å²) in [5.74, 6) is -0.976. The molecule has 1 saturated carbocycles. The highest BCUT2D eigenvalue weighted by Crippen LogP contribution is 2.53. The van der Waals surface area contributed by atoms with Crippen LogP contribution in [0.15, 0.2) is 24.4 Å². The van der Waals surface area contributed by atoms with Crippen LogP contribution < -0.4 is 10.6 Å². The molecule has 1 aromatic heterocycles. The lowest BCUT2D eigenvalue weighted by Gasteiger charge is -2.28. The maximum Gasteiger partial charge on any atom is 0.421 e. The summed E-state index contributed by atoms with van der Waals surface area (Å²) >= 11 is 0. The Labute approximate surface area is 201 Å². The molecule has 1 saturated heterocycles. The maximum atomic E-state index is 13.4. The summed E-state index contributed by atoms with van der Waals surface area (Å²) in [4.78, 5) is 21.2. The topological polar surface area (TPSA) is 90.4 Å². The standard InChI is InChI=1S/C21H22F3N5O2.2ClH/c22-21(23,24)15-9-25-20(28-19(15)26-11-2-1-3-11)27-12-4-5-13-14(8-12)17-7-6-16(13)29(17)10-18(30)31;;/h4-5,8-9,11,16-17H,1-3,6-7,10H2,(H,30,31)(H2,25,26,27,28);2*1H. The van der Waals surface area contributed by atoms with Crippen LogP contribution in [0.4, 0.5) is 30.6 Å². The van der Waals surface area contributed by atoms with Crippen LogP contribution in [-0.4, -0.2) is 38.5 Å². The monoisotopic (exact) mass is 505 g/mol. The molecule has 2 bridgehead atoms. The van der Waals surface area contributed by atoms with Crippen LogP contribution in [0.25, 0.3) is 0 Å². The van der Waals surface area contributed by atoms with Gasteiger partial charge in [-0.25, -0.2) is 4.98 Å². The molecule has 2 aliphatic heterocycles. The number of fused-ring (bicyclic) bond motifs is 5. The number of hydrogen-bond donors (Lipinski definition) is 3. The molecule has 2 aromatic rings. The Morgan fingerprint density at radius 2 is 1.82 bits per heavy atom. The summed E-state index contributed by atoms with van der Waals surface area (Å²) in [6, 6.07) is 5.85. The van der Waals surface area contributed by atoms with E-state index < -0.39 is 17.7 Å². The molecule has 0 amide bonds. The van der Waals surface area contributed by atoms with E-state index in [0.717, 1.165) is 49.4 Å². The molecule has 1 aromatic carbocycles. The van der Waals surface area contributed by atoms with Crippen molar-refractivity contribution in [3.63, 3.8) is 0 Å². The fourth-order valence-corrected chi connectivity index (χ4v) is 4.79. The number of carbonyl (C=O) groups is 1.